The maximum atomic E-state index is 12.2. The number of benzene rings is 1. The van der Waals surface area contributed by atoms with E-state index in [1.54, 1.807) is 6.07 Å². The van der Waals surface area contributed by atoms with Gasteiger partial charge in [0.1, 0.15) is 0 Å². The zero-order chi connectivity index (χ0) is 10.9. The summed E-state index contributed by atoms with van der Waals surface area (Å²) in [5, 5.41) is 1.48. The molecule has 0 amide bonds. The van der Waals surface area contributed by atoms with Gasteiger partial charge in [-0.25, -0.2) is 0 Å². The van der Waals surface area contributed by atoms with E-state index >= 15 is 0 Å². The Morgan fingerprint density at radius 2 is 2.00 bits per heavy atom. The number of para-hydroxylation sites is 1. The molecule has 0 radical (unpaired) electrons. The first-order valence-corrected chi connectivity index (χ1v) is 5.70. The largest absolute Gasteiger partial charge is 0.355 e. The quantitative estimate of drug-likeness (QED) is 0.798. The molecular weight excluding hydrogens is 217 g/mol. The second kappa shape index (κ2) is 3.51. The molecule has 0 saturated carbocycles. The molecule has 1 aromatic carbocycles. The van der Waals surface area contributed by atoms with Crippen LogP contribution in [-0.4, -0.2) is 13.4 Å². The second-order valence-electron chi connectivity index (χ2n) is 3.09. The van der Waals surface area contributed by atoms with Gasteiger partial charge in [0.15, 0.2) is 0 Å². The van der Waals surface area contributed by atoms with Crippen LogP contribution < -0.4 is 0 Å². The molecule has 0 aliphatic carbocycles. The first kappa shape index (κ1) is 9.92. The third-order valence-corrected chi connectivity index (χ3v) is 2.42. The molecule has 2 rings (SSSR count). The summed E-state index contributed by atoms with van der Waals surface area (Å²) in [5.41, 5.74) is 1.44. The van der Waals surface area contributed by atoms with Crippen LogP contribution in [0.15, 0.2) is 35.7 Å². The predicted molar refractivity (Wildman–Crippen MR) is 57.4 cm³/mol. The topological polar surface area (TPSA) is 49.9 Å². The van der Waals surface area contributed by atoms with Gasteiger partial charge in [-0.1, -0.05) is 18.2 Å². The molecule has 78 valence electrons. The van der Waals surface area contributed by atoms with Crippen LogP contribution in [-0.2, 0) is 10.2 Å². The summed E-state index contributed by atoms with van der Waals surface area (Å²) in [4.78, 5) is 2.95. The van der Waals surface area contributed by atoms with Gasteiger partial charge in [-0.05, 0) is 23.6 Å². The molecule has 0 aliphatic rings. The fourth-order valence-electron chi connectivity index (χ4n) is 1.34. The van der Waals surface area contributed by atoms with Crippen molar-refractivity contribution in [3.63, 3.8) is 0 Å². The average Bonchev–Trinajstić information content (AvgIpc) is 2.56. The predicted octanol–water partition coefficient (Wildman–Crippen LogP) is 2.44. The van der Waals surface area contributed by atoms with Crippen molar-refractivity contribution in [2.75, 3.05) is 0 Å². The molecule has 0 bridgehead atoms. The van der Waals surface area contributed by atoms with E-state index in [4.69, 9.17) is 0 Å². The number of hydrogen-bond donors (Lipinski definition) is 1. The second-order valence-corrected chi connectivity index (χ2v) is 4.31. The fraction of sp³-hybridized carbons (Fsp3) is 0. The number of nitrogens with one attached hydrogen (secondary N) is 1. The van der Waals surface area contributed by atoms with E-state index in [9.17, 15) is 12.3 Å². The third-order valence-electron chi connectivity index (χ3n) is 1.96. The molecule has 1 heterocycles. The van der Waals surface area contributed by atoms with Crippen LogP contribution in [0.2, 0.25) is 0 Å². The highest BCUT2D eigenvalue weighted by molar-refractivity contribution is 7.89. The van der Waals surface area contributed by atoms with Crippen molar-refractivity contribution in [3.05, 3.63) is 41.4 Å². The van der Waals surface area contributed by atoms with Crippen molar-refractivity contribution in [1.29, 1.82) is 0 Å². The van der Waals surface area contributed by atoms with Crippen LogP contribution in [0.25, 0.3) is 17.0 Å². The van der Waals surface area contributed by atoms with E-state index in [-0.39, 0.29) is 0 Å². The van der Waals surface area contributed by atoms with E-state index in [0.717, 1.165) is 10.9 Å². The summed E-state index contributed by atoms with van der Waals surface area (Å²) < 4.78 is 32.7. The smallest absolute Gasteiger partial charge is 0.325 e. The molecule has 0 atom stereocenters. The summed E-state index contributed by atoms with van der Waals surface area (Å²) in [7, 11) is -4.56. The van der Waals surface area contributed by atoms with Gasteiger partial charge in [0.25, 0.3) is 0 Å². The summed E-state index contributed by atoms with van der Waals surface area (Å²) in [5.74, 6) is 0. The van der Waals surface area contributed by atoms with Crippen molar-refractivity contribution in [3.8, 4) is 0 Å². The first-order valence-electron chi connectivity index (χ1n) is 4.25. The van der Waals surface area contributed by atoms with Gasteiger partial charge >= 0.3 is 10.2 Å². The van der Waals surface area contributed by atoms with Gasteiger partial charge in [0, 0.05) is 11.2 Å². The maximum absolute atomic E-state index is 12.2. The summed E-state index contributed by atoms with van der Waals surface area (Å²) in [6.07, 6.45) is 1.19. The highest BCUT2D eigenvalue weighted by Gasteiger charge is 2.00. The van der Waals surface area contributed by atoms with Gasteiger partial charge in [0.05, 0.1) is 5.41 Å². The summed E-state index contributed by atoms with van der Waals surface area (Å²) >= 11 is 0. The van der Waals surface area contributed by atoms with E-state index in [1.807, 2.05) is 24.3 Å². The molecule has 1 N–H and O–H groups in total. The molecule has 0 fully saturated rings. The van der Waals surface area contributed by atoms with Gasteiger partial charge in [-0.3, -0.25) is 0 Å². The zero-order valence-electron chi connectivity index (χ0n) is 7.64. The fourth-order valence-corrected chi connectivity index (χ4v) is 1.65. The number of H-pyrrole nitrogens is 1. The lowest BCUT2D eigenvalue weighted by Gasteiger charge is -1.84. The summed E-state index contributed by atoms with van der Waals surface area (Å²) in [6, 6.07) is 9.22. The number of hydrogen-bond acceptors (Lipinski definition) is 2. The van der Waals surface area contributed by atoms with Crippen molar-refractivity contribution in [2.45, 2.75) is 0 Å². The van der Waals surface area contributed by atoms with Crippen molar-refractivity contribution >= 4 is 27.2 Å². The van der Waals surface area contributed by atoms with Crippen molar-refractivity contribution in [2.24, 2.45) is 0 Å². The molecule has 0 spiro atoms. The van der Waals surface area contributed by atoms with Gasteiger partial charge in [0.2, 0.25) is 0 Å². The van der Waals surface area contributed by atoms with E-state index in [1.165, 1.54) is 6.08 Å². The molecule has 3 nitrogen and oxygen atoms in total. The van der Waals surface area contributed by atoms with Crippen LogP contribution >= 0.6 is 0 Å². The highest BCUT2D eigenvalue weighted by Crippen LogP contribution is 2.15. The lowest BCUT2D eigenvalue weighted by molar-refractivity contribution is 0.563. The van der Waals surface area contributed by atoms with Crippen LogP contribution in [0.4, 0.5) is 3.89 Å². The lowest BCUT2D eigenvalue weighted by atomic mass is 10.2. The lowest BCUT2D eigenvalue weighted by Crippen LogP contribution is -1.80. The number of rotatable bonds is 2. The van der Waals surface area contributed by atoms with E-state index in [0.29, 0.717) is 11.1 Å². The molecule has 0 unspecified atom stereocenters. The molecule has 2 aromatic rings. The van der Waals surface area contributed by atoms with Gasteiger partial charge < -0.3 is 4.98 Å². The summed E-state index contributed by atoms with van der Waals surface area (Å²) in [6.45, 7) is 0. The Labute approximate surface area is 86.4 Å². The number of fused-ring (bicyclic) bond motifs is 1. The molecule has 1 aromatic heterocycles. The Bertz CT molecular complexity index is 580. The maximum Gasteiger partial charge on any atom is 0.325 e. The van der Waals surface area contributed by atoms with Crippen LogP contribution in [0.1, 0.15) is 5.69 Å². The Balaban J connectivity index is 2.42. The Morgan fingerprint density at radius 3 is 2.67 bits per heavy atom. The number of aromatic nitrogens is 1. The monoisotopic (exact) mass is 225 g/mol. The van der Waals surface area contributed by atoms with Crippen molar-refractivity contribution in [1.82, 2.24) is 4.98 Å². The Kier molecular flexibility index (Phi) is 2.32. The minimum atomic E-state index is -4.56. The highest BCUT2D eigenvalue weighted by atomic mass is 32.3. The van der Waals surface area contributed by atoms with Crippen LogP contribution in [0.5, 0.6) is 0 Å². The molecule has 0 aliphatic heterocycles. The number of aromatic amines is 1. The van der Waals surface area contributed by atoms with E-state index in [2.05, 4.69) is 4.98 Å². The van der Waals surface area contributed by atoms with Crippen molar-refractivity contribution < 1.29 is 12.3 Å². The van der Waals surface area contributed by atoms with Crippen LogP contribution in [0.3, 0.4) is 0 Å². The normalized spacial score (nSPS) is 12.6. The molecule has 5 heteroatoms. The zero-order valence-corrected chi connectivity index (χ0v) is 8.46. The molecule has 0 saturated heterocycles. The van der Waals surface area contributed by atoms with Gasteiger partial charge in [-0.15, -0.1) is 3.89 Å². The first-order chi connectivity index (χ1) is 7.04. The minimum absolute atomic E-state index is 0.526. The SMILES string of the molecule is O=S(=O)(F)C=Cc1cc2ccccc2[nH]1. The van der Waals surface area contributed by atoms with Crippen LogP contribution in [0, 0.1) is 0 Å². The van der Waals surface area contributed by atoms with Gasteiger partial charge in [-0.2, -0.15) is 8.42 Å². The average molecular weight is 225 g/mol. The standard InChI is InChI=1S/C10H8FNO2S/c11-15(13,14)6-5-9-7-8-3-1-2-4-10(8)12-9/h1-7,12H. The Hall–Kier alpha value is -1.62. The molecular formula is C10H8FNO2S. The van der Waals surface area contributed by atoms with E-state index < -0.39 is 10.2 Å². The minimum Gasteiger partial charge on any atom is -0.355 e. The Morgan fingerprint density at radius 1 is 1.27 bits per heavy atom. The molecule has 15 heavy (non-hydrogen) atoms. The third kappa shape index (κ3) is 2.44. The number of halogens is 1.